The third kappa shape index (κ3) is 3.92. The number of thiophene rings is 2. The van der Waals surface area contributed by atoms with Crippen molar-refractivity contribution in [2.45, 2.75) is 0 Å². The van der Waals surface area contributed by atoms with Crippen LogP contribution in [0.3, 0.4) is 0 Å². The van der Waals surface area contributed by atoms with Gasteiger partial charge in [0.1, 0.15) is 4.88 Å². The third-order valence-corrected chi connectivity index (χ3v) is 5.21. The summed E-state index contributed by atoms with van der Waals surface area (Å²) in [5.74, 6) is -2.05. The van der Waals surface area contributed by atoms with Crippen LogP contribution < -0.4 is 5.32 Å². The summed E-state index contributed by atoms with van der Waals surface area (Å²) in [6.45, 7) is -0.607. The van der Waals surface area contributed by atoms with Crippen LogP contribution in [0.4, 0.5) is 5.69 Å². The number of hydrogen-bond acceptors (Lipinski definition) is 8. The first-order valence-corrected chi connectivity index (χ1v) is 8.86. The minimum Gasteiger partial charge on any atom is -0.451 e. The molecule has 0 radical (unpaired) electrons. The van der Waals surface area contributed by atoms with Crippen LogP contribution in [0.1, 0.15) is 19.3 Å². The molecule has 10 heteroatoms. The number of non-ortho nitro benzene ring substituents is 1. The SMILES string of the molecule is O=C(COC(=O)c1cc2cc([N+](=O)[O-])ccc2s1)NC(=O)c1cccs1. The molecule has 0 atom stereocenters. The maximum Gasteiger partial charge on any atom is 0.348 e. The van der Waals surface area contributed by atoms with Gasteiger partial charge in [0.2, 0.25) is 0 Å². The molecule has 0 fully saturated rings. The summed E-state index contributed by atoms with van der Waals surface area (Å²) >= 11 is 2.28. The van der Waals surface area contributed by atoms with Gasteiger partial charge >= 0.3 is 5.97 Å². The van der Waals surface area contributed by atoms with E-state index in [-0.39, 0.29) is 10.6 Å². The fourth-order valence-electron chi connectivity index (χ4n) is 2.08. The number of carbonyl (C=O) groups excluding carboxylic acids is 3. The van der Waals surface area contributed by atoms with Crippen LogP contribution in [0.2, 0.25) is 0 Å². The molecule has 26 heavy (non-hydrogen) atoms. The van der Waals surface area contributed by atoms with Crippen LogP contribution in [0.25, 0.3) is 10.1 Å². The van der Waals surface area contributed by atoms with Crippen molar-refractivity contribution in [2.24, 2.45) is 0 Å². The molecular weight excluding hydrogens is 380 g/mol. The maximum atomic E-state index is 12.0. The number of carbonyl (C=O) groups is 3. The van der Waals surface area contributed by atoms with E-state index in [9.17, 15) is 24.5 Å². The number of hydrogen-bond donors (Lipinski definition) is 1. The number of ether oxygens (including phenoxy) is 1. The van der Waals surface area contributed by atoms with E-state index in [0.29, 0.717) is 15.0 Å². The zero-order chi connectivity index (χ0) is 18.7. The summed E-state index contributed by atoms with van der Waals surface area (Å²) < 4.78 is 5.57. The van der Waals surface area contributed by atoms with Crippen molar-refractivity contribution >= 4 is 56.2 Å². The molecule has 0 saturated heterocycles. The first kappa shape index (κ1) is 17.7. The molecule has 0 aliphatic carbocycles. The second kappa shape index (κ2) is 7.42. The highest BCUT2D eigenvalue weighted by molar-refractivity contribution is 7.20. The standard InChI is InChI=1S/C16H10N2O6S2/c19-14(17-15(20)12-2-1-5-25-12)8-24-16(21)13-7-9-6-10(18(22)23)3-4-11(9)26-13/h1-7H,8H2,(H,17,19,20). The Morgan fingerprint density at radius 3 is 2.65 bits per heavy atom. The summed E-state index contributed by atoms with van der Waals surface area (Å²) in [6.07, 6.45) is 0. The molecule has 0 unspecified atom stereocenters. The summed E-state index contributed by atoms with van der Waals surface area (Å²) in [4.78, 5) is 46.3. The summed E-state index contributed by atoms with van der Waals surface area (Å²) in [5, 5.41) is 15.1. The van der Waals surface area contributed by atoms with Crippen LogP contribution in [0, 0.1) is 10.1 Å². The van der Waals surface area contributed by atoms with Crippen molar-refractivity contribution in [1.29, 1.82) is 0 Å². The number of nitrogens with one attached hydrogen (secondary N) is 1. The second-order valence-corrected chi connectivity index (χ2v) is 7.05. The first-order valence-electron chi connectivity index (χ1n) is 7.17. The van der Waals surface area contributed by atoms with Crippen molar-refractivity contribution < 1.29 is 24.0 Å². The van der Waals surface area contributed by atoms with E-state index >= 15 is 0 Å². The highest BCUT2D eigenvalue weighted by atomic mass is 32.1. The summed E-state index contributed by atoms with van der Waals surface area (Å²) in [6, 6.07) is 8.95. The topological polar surface area (TPSA) is 116 Å². The van der Waals surface area contributed by atoms with E-state index in [4.69, 9.17) is 4.74 Å². The lowest BCUT2D eigenvalue weighted by atomic mass is 10.2. The van der Waals surface area contributed by atoms with Gasteiger partial charge in [0.05, 0.1) is 9.80 Å². The smallest absolute Gasteiger partial charge is 0.348 e. The fraction of sp³-hybridized carbons (Fsp3) is 0.0625. The molecule has 0 bridgehead atoms. The van der Waals surface area contributed by atoms with Gasteiger partial charge in [0.15, 0.2) is 6.61 Å². The Bertz CT molecular complexity index is 1010. The third-order valence-electron chi connectivity index (χ3n) is 3.24. The molecule has 132 valence electrons. The Hall–Kier alpha value is -3.11. The molecule has 0 aliphatic rings. The molecule has 1 N–H and O–H groups in total. The molecule has 3 aromatic rings. The van der Waals surface area contributed by atoms with Gasteiger partial charge in [-0.15, -0.1) is 22.7 Å². The summed E-state index contributed by atoms with van der Waals surface area (Å²) in [7, 11) is 0. The predicted molar refractivity (Wildman–Crippen MR) is 95.6 cm³/mol. The minimum absolute atomic E-state index is 0.0818. The lowest BCUT2D eigenvalue weighted by Crippen LogP contribution is -2.33. The second-order valence-electron chi connectivity index (χ2n) is 5.02. The van der Waals surface area contributed by atoms with Gasteiger partial charge in [0.25, 0.3) is 17.5 Å². The van der Waals surface area contributed by atoms with Gasteiger partial charge in [-0.2, -0.15) is 0 Å². The zero-order valence-corrected chi connectivity index (χ0v) is 14.6. The van der Waals surface area contributed by atoms with Crippen molar-refractivity contribution in [3.05, 3.63) is 61.6 Å². The van der Waals surface area contributed by atoms with Crippen molar-refractivity contribution in [2.75, 3.05) is 6.61 Å². The monoisotopic (exact) mass is 390 g/mol. The molecular formula is C16H10N2O6S2. The quantitative estimate of drug-likeness (QED) is 0.407. The van der Waals surface area contributed by atoms with E-state index in [1.165, 1.54) is 29.5 Å². The first-order chi connectivity index (χ1) is 12.4. The van der Waals surface area contributed by atoms with Crippen LogP contribution in [0.15, 0.2) is 41.8 Å². The van der Waals surface area contributed by atoms with Crippen molar-refractivity contribution in [3.8, 4) is 0 Å². The fourth-order valence-corrected chi connectivity index (χ4v) is 3.64. The minimum atomic E-state index is -0.743. The van der Waals surface area contributed by atoms with Gasteiger partial charge in [0, 0.05) is 22.2 Å². The van der Waals surface area contributed by atoms with Crippen LogP contribution in [-0.2, 0) is 9.53 Å². The molecule has 2 aromatic heterocycles. The number of imide groups is 1. The molecule has 2 amide bonds. The van der Waals surface area contributed by atoms with Crippen molar-refractivity contribution in [1.82, 2.24) is 5.32 Å². The van der Waals surface area contributed by atoms with Crippen LogP contribution in [-0.4, -0.2) is 29.3 Å². The average molecular weight is 390 g/mol. The Kier molecular flexibility index (Phi) is 5.05. The van der Waals surface area contributed by atoms with E-state index in [1.807, 2.05) is 0 Å². The Morgan fingerprint density at radius 2 is 1.96 bits per heavy atom. The number of rotatable bonds is 5. The van der Waals surface area contributed by atoms with E-state index in [1.54, 1.807) is 23.6 Å². The Morgan fingerprint density at radius 1 is 1.15 bits per heavy atom. The highest BCUT2D eigenvalue weighted by Crippen LogP contribution is 2.29. The highest BCUT2D eigenvalue weighted by Gasteiger charge is 2.17. The van der Waals surface area contributed by atoms with Gasteiger partial charge in [-0.1, -0.05) is 6.07 Å². The van der Waals surface area contributed by atoms with Crippen LogP contribution in [0.5, 0.6) is 0 Å². The molecule has 0 aliphatic heterocycles. The van der Waals surface area contributed by atoms with Gasteiger partial charge in [-0.05, 0) is 23.6 Å². The normalized spacial score (nSPS) is 10.5. The van der Waals surface area contributed by atoms with Crippen LogP contribution >= 0.6 is 22.7 Å². The number of amides is 2. The number of fused-ring (bicyclic) bond motifs is 1. The number of nitro benzene ring substituents is 1. The van der Waals surface area contributed by atoms with E-state index < -0.39 is 29.3 Å². The number of nitrogens with zero attached hydrogens (tertiary/aromatic N) is 1. The number of nitro groups is 1. The van der Waals surface area contributed by atoms with Gasteiger partial charge in [-0.25, -0.2) is 4.79 Å². The molecule has 8 nitrogen and oxygen atoms in total. The molecule has 0 saturated carbocycles. The molecule has 2 heterocycles. The Balaban J connectivity index is 1.61. The molecule has 3 rings (SSSR count). The summed E-state index contributed by atoms with van der Waals surface area (Å²) in [5.41, 5.74) is -0.0818. The average Bonchev–Trinajstić information content (AvgIpc) is 3.28. The lowest BCUT2D eigenvalue weighted by molar-refractivity contribution is -0.384. The predicted octanol–water partition coefficient (Wildman–Crippen LogP) is 2.98. The zero-order valence-electron chi connectivity index (χ0n) is 13.0. The van der Waals surface area contributed by atoms with E-state index in [0.717, 1.165) is 11.3 Å². The van der Waals surface area contributed by atoms with E-state index in [2.05, 4.69) is 5.32 Å². The lowest BCUT2D eigenvalue weighted by Gasteiger charge is -2.03. The molecule has 0 spiro atoms. The molecule has 1 aromatic carbocycles. The Labute approximate surface area is 154 Å². The largest absolute Gasteiger partial charge is 0.451 e. The van der Waals surface area contributed by atoms with Gasteiger partial charge in [-0.3, -0.25) is 25.0 Å². The number of benzene rings is 1. The van der Waals surface area contributed by atoms with Crippen molar-refractivity contribution in [3.63, 3.8) is 0 Å². The van der Waals surface area contributed by atoms with Gasteiger partial charge < -0.3 is 4.74 Å². The maximum absolute atomic E-state index is 12.0. The number of esters is 1.